The highest BCUT2D eigenvalue weighted by molar-refractivity contribution is 7.97. The van der Waals surface area contributed by atoms with Crippen LogP contribution < -0.4 is 0 Å². The van der Waals surface area contributed by atoms with E-state index in [-0.39, 0.29) is 12.5 Å². The zero-order chi connectivity index (χ0) is 21.3. The number of carbonyl (C=O) groups is 1. The Kier molecular flexibility index (Phi) is 6.07. The molecule has 11 heteroatoms. The van der Waals surface area contributed by atoms with Crippen LogP contribution in [0.15, 0.2) is 47.8 Å². The van der Waals surface area contributed by atoms with Crippen molar-refractivity contribution < 1.29 is 18.7 Å². The van der Waals surface area contributed by atoms with E-state index in [1.54, 1.807) is 45.5 Å². The van der Waals surface area contributed by atoms with Crippen molar-refractivity contribution in [2.75, 3.05) is 6.61 Å². The molecule has 7 nitrogen and oxygen atoms in total. The zero-order valence-corrected chi connectivity index (χ0v) is 17.2. The predicted molar refractivity (Wildman–Crippen MR) is 107 cm³/mol. The van der Waals surface area contributed by atoms with Crippen molar-refractivity contribution in [2.45, 2.75) is 37.0 Å². The molecule has 1 aliphatic heterocycles. The van der Waals surface area contributed by atoms with Crippen molar-refractivity contribution in [3.05, 3.63) is 64.6 Å². The van der Waals surface area contributed by atoms with Crippen molar-refractivity contribution >= 4 is 29.5 Å². The summed E-state index contributed by atoms with van der Waals surface area (Å²) < 4.78 is 27.7. The van der Waals surface area contributed by atoms with Gasteiger partial charge in [0.05, 0.1) is 24.8 Å². The molecule has 1 N–H and O–H groups in total. The van der Waals surface area contributed by atoms with Gasteiger partial charge in [-0.3, -0.25) is 9.48 Å². The van der Waals surface area contributed by atoms with E-state index >= 15 is 0 Å². The van der Waals surface area contributed by atoms with E-state index in [4.69, 9.17) is 11.6 Å². The molecule has 1 amide bonds. The Morgan fingerprint density at radius 2 is 2.03 bits per heavy atom. The van der Waals surface area contributed by atoms with Crippen molar-refractivity contribution in [1.82, 2.24) is 23.9 Å². The molecule has 0 saturated carbocycles. The third-order valence-corrected chi connectivity index (χ3v) is 5.88. The van der Waals surface area contributed by atoms with E-state index in [0.29, 0.717) is 28.7 Å². The molecule has 0 aliphatic carbocycles. The average Bonchev–Trinajstić information content (AvgIpc) is 3.38. The zero-order valence-electron chi connectivity index (χ0n) is 15.7. The van der Waals surface area contributed by atoms with Crippen molar-refractivity contribution in [1.29, 1.82) is 0 Å². The van der Waals surface area contributed by atoms with Crippen LogP contribution in [0, 0.1) is 0 Å². The maximum atomic E-state index is 13.0. The minimum atomic E-state index is -2.46. The number of aliphatic hydroxyl groups excluding tert-OH is 1. The van der Waals surface area contributed by atoms with Crippen molar-refractivity contribution in [3.63, 3.8) is 0 Å². The first kappa shape index (κ1) is 20.8. The first-order chi connectivity index (χ1) is 14.4. The van der Waals surface area contributed by atoms with E-state index in [2.05, 4.69) is 10.2 Å². The Hall–Kier alpha value is -2.43. The highest BCUT2D eigenvalue weighted by Crippen LogP contribution is 2.31. The molecule has 0 bridgehead atoms. The molecule has 30 heavy (non-hydrogen) atoms. The van der Waals surface area contributed by atoms with Gasteiger partial charge in [-0.1, -0.05) is 29.8 Å². The minimum Gasteiger partial charge on any atom is -0.395 e. The number of nitrogens with zero attached hydrogens (tertiary/aromatic N) is 5. The highest BCUT2D eigenvalue weighted by atomic mass is 35.5. The van der Waals surface area contributed by atoms with Crippen LogP contribution in [0.4, 0.5) is 8.78 Å². The number of halogens is 3. The van der Waals surface area contributed by atoms with Gasteiger partial charge in [0.1, 0.15) is 11.6 Å². The van der Waals surface area contributed by atoms with Gasteiger partial charge in [-0.2, -0.15) is 10.2 Å². The molecule has 4 rings (SSSR count). The van der Waals surface area contributed by atoms with Gasteiger partial charge in [-0.25, -0.2) is 12.9 Å². The summed E-state index contributed by atoms with van der Waals surface area (Å²) >= 11 is 7.40. The number of fused-ring (bicyclic) bond motifs is 1. The largest absolute Gasteiger partial charge is 0.395 e. The molecule has 158 valence electrons. The van der Waals surface area contributed by atoms with E-state index in [1.807, 2.05) is 0 Å². The van der Waals surface area contributed by atoms with Crippen LogP contribution in [0.5, 0.6) is 0 Å². The lowest BCUT2D eigenvalue weighted by Gasteiger charge is -2.22. The molecule has 0 radical (unpaired) electrons. The van der Waals surface area contributed by atoms with Gasteiger partial charge in [0, 0.05) is 41.5 Å². The van der Waals surface area contributed by atoms with Crippen LogP contribution in [0.1, 0.15) is 22.7 Å². The van der Waals surface area contributed by atoms with Crippen LogP contribution in [0.25, 0.3) is 0 Å². The quantitative estimate of drug-likeness (QED) is 0.594. The van der Waals surface area contributed by atoms with Crippen LogP contribution >= 0.6 is 23.5 Å². The number of carbonyl (C=O) groups excluding carboxylic acids is 1. The standard InChI is InChI=1S/C19H18ClF2N5O2S/c20-15-4-2-1-3-13(15)14(11-28)19(29)25-7-12-8-27(23-16(12)9-25)30-18-5-6-26(24-18)10-17(21)22/h1-6,8,14,17,28H,7,9-11H2. The number of hydrogen-bond acceptors (Lipinski definition) is 5. The Balaban J connectivity index is 1.42. The van der Waals surface area contributed by atoms with E-state index in [1.165, 1.54) is 22.8 Å². The van der Waals surface area contributed by atoms with Crippen LogP contribution in [-0.2, 0) is 24.4 Å². The van der Waals surface area contributed by atoms with Gasteiger partial charge in [-0.05, 0) is 17.7 Å². The molecule has 1 aromatic carbocycles. The lowest BCUT2D eigenvalue weighted by molar-refractivity contribution is -0.134. The SMILES string of the molecule is O=C(C(CO)c1ccccc1Cl)N1Cc2cn(Sc3ccn(CC(F)F)n3)nc2C1. The molecule has 3 heterocycles. The lowest BCUT2D eigenvalue weighted by Crippen LogP contribution is -2.33. The number of benzene rings is 1. The average molecular weight is 454 g/mol. The Morgan fingerprint density at radius 1 is 1.23 bits per heavy atom. The van der Waals surface area contributed by atoms with Gasteiger partial charge in [0.15, 0.2) is 0 Å². The number of aromatic nitrogens is 4. The summed E-state index contributed by atoms with van der Waals surface area (Å²) in [6.45, 7) is -0.101. The fourth-order valence-corrected chi connectivity index (χ4v) is 4.39. The molecule has 1 aliphatic rings. The smallest absolute Gasteiger partial charge is 0.257 e. The van der Waals surface area contributed by atoms with Gasteiger partial charge in [0.25, 0.3) is 6.43 Å². The first-order valence-electron chi connectivity index (χ1n) is 9.16. The summed E-state index contributed by atoms with van der Waals surface area (Å²) in [6, 6.07) is 8.62. The predicted octanol–water partition coefficient (Wildman–Crippen LogP) is 3.17. The van der Waals surface area contributed by atoms with E-state index in [0.717, 1.165) is 11.3 Å². The fraction of sp³-hybridized carbons (Fsp3) is 0.316. The second-order valence-electron chi connectivity index (χ2n) is 6.81. The summed E-state index contributed by atoms with van der Waals surface area (Å²) in [5, 5.41) is 19.3. The van der Waals surface area contributed by atoms with Crippen molar-refractivity contribution in [2.24, 2.45) is 0 Å². The number of alkyl halides is 2. The maximum Gasteiger partial charge on any atom is 0.257 e. The molecule has 3 aromatic rings. The number of amides is 1. The Bertz CT molecular complexity index is 1030. The summed E-state index contributed by atoms with van der Waals surface area (Å²) in [5.74, 6) is -0.948. The molecule has 1 atom stereocenters. The third kappa shape index (κ3) is 4.35. The normalized spacial score (nSPS) is 14.4. The molecule has 2 aromatic heterocycles. The second kappa shape index (κ2) is 8.75. The minimum absolute atomic E-state index is 0.214. The molecule has 0 fully saturated rings. The fourth-order valence-electron chi connectivity index (χ4n) is 3.35. The number of rotatable bonds is 7. The second-order valence-corrected chi connectivity index (χ2v) is 8.20. The molecular weight excluding hydrogens is 436 g/mol. The summed E-state index contributed by atoms with van der Waals surface area (Å²) in [4.78, 5) is 14.6. The third-order valence-electron chi connectivity index (χ3n) is 4.76. The highest BCUT2D eigenvalue weighted by Gasteiger charge is 2.32. The van der Waals surface area contributed by atoms with Gasteiger partial charge in [0.2, 0.25) is 5.91 Å². The number of hydrogen-bond donors (Lipinski definition) is 1. The lowest BCUT2D eigenvalue weighted by atomic mass is 9.98. The molecule has 0 saturated heterocycles. The molecule has 0 spiro atoms. The van der Waals surface area contributed by atoms with Crippen molar-refractivity contribution in [3.8, 4) is 0 Å². The van der Waals surface area contributed by atoms with E-state index in [9.17, 15) is 18.7 Å². The van der Waals surface area contributed by atoms with Gasteiger partial charge >= 0.3 is 0 Å². The van der Waals surface area contributed by atoms with Gasteiger partial charge < -0.3 is 10.0 Å². The molecule has 1 unspecified atom stereocenters. The summed E-state index contributed by atoms with van der Waals surface area (Å²) in [6.07, 6.45) is 0.826. The van der Waals surface area contributed by atoms with Crippen LogP contribution in [0.3, 0.4) is 0 Å². The van der Waals surface area contributed by atoms with Crippen LogP contribution in [-0.4, -0.2) is 47.9 Å². The van der Waals surface area contributed by atoms with Crippen LogP contribution in [0.2, 0.25) is 5.02 Å². The van der Waals surface area contributed by atoms with Gasteiger partial charge in [-0.15, -0.1) is 0 Å². The topological polar surface area (TPSA) is 76.2 Å². The van der Waals surface area contributed by atoms with E-state index < -0.39 is 18.9 Å². The Labute approximate surface area is 180 Å². The monoisotopic (exact) mass is 453 g/mol. The molecular formula is C19H18ClF2N5O2S. The summed E-state index contributed by atoms with van der Waals surface area (Å²) in [5.41, 5.74) is 2.23. The summed E-state index contributed by atoms with van der Waals surface area (Å²) in [7, 11) is 0. The maximum absolute atomic E-state index is 13.0. The Morgan fingerprint density at radius 3 is 2.73 bits per heavy atom. The number of aliphatic hydroxyl groups is 1. The first-order valence-corrected chi connectivity index (χ1v) is 10.3.